The number of halogens is 1. The zero-order valence-electron chi connectivity index (χ0n) is 8.57. The van der Waals surface area contributed by atoms with Crippen LogP contribution in [-0.2, 0) is 14.3 Å². The Kier molecular flexibility index (Phi) is 4.20. The van der Waals surface area contributed by atoms with Crippen molar-refractivity contribution < 1.29 is 18.7 Å². The van der Waals surface area contributed by atoms with Crippen molar-refractivity contribution in [1.29, 1.82) is 0 Å². The molecule has 0 atom stereocenters. The largest absolute Gasteiger partial charge is 0.466 e. The van der Waals surface area contributed by atoms with Gasteiger partial charge in [-0.3, -0.25) is 4.79 Å². The number of hydrogen-bond donors (Lipinski definition) is 1. The quantitative estimate of drug-likeness (QED) is 0.624. The highest BCUT2D eigenvalue weighted by Gasteiger charge is 2.03. The van der Waals surface area contributed by atoms with Crippen LogP contribution < -0.4 is 5.32 Å². The van der Waals surface area contributed by atoms with E-state index in [9.17, 15) is 14.0 Å². The van der Waals surface area contributed by atoms with E-state index in [0.29, 0.717) is 0 Å². The lowest BCUT2D eigenvalue weighted by Gasteiger charge is -2.02. The van der Waals surface area contributed by atoms with E-state index in [-0.39, 0.29) is 5.69 Å². The number of carbonyl (C=O) groups excluding carboxylic acids is 2. The third-order valence-electron chi connectivity index (χ3n) is 1.70. The van der Waals surface area contributed by atoms with Crippen LogP contribution in [0.5, 0.6) is 0 Å². The third-order valence-corrected chi connectivity index (χ3v) is 1.70. The molecule has 0 spiro atoms. The van der Waals surface area contributed by atoms with Crippen molar-refractivity contribution in [1.82, 2.24) is 0 Å². The first-order valence-corrected chi connectivity index (χ1v) is 4.45. The highest BCUT2D eigenvalue weighted by molar-refractivity contribution is 6.02. The van der Waals surface area contributed by atoms with Gasteiger partial charge in [0.2, 0.25) is 5.91 Å². The number of methoxy groups -OCH3 is 1. The molecular formula is C11H10FNO3. The van der Waals surface area contributed by atoms with E-state index in [2.05, 4.69) is 10.1 Å². The van der Waals surface area contributed by atoms with Crippen LogP contribution in [-0.4, -0.2) is 19.0 Å². The van der Waals surface area contributed by atoms with Gasteiger partial charge < -0.3 is 10.1 Å². The fourth-order valence-electron chi connectivity index (χ4n) is 0.949. The Hall–Kier alpha value is -2.17. The summed E-state index contributed by atoms with van der Waals surface area (Å²) in [6, 6.07) is 5.73. The average Bonchev–Trinajstić information content (AvgIpc) is 2.29. The van der Waals surface area contributed by atoms with Crippen LogP contribution in [0.2, 0.25) is 0 Å². The molecule has 4 nitrogen and oxygen atoms in total. The molecule has 0 fully saturated rings. The molecule has 1 aromatic carbocycles. The second-order valence-electron chi connectivity index (χ2n) is 2.83. The van der Waals surface area contributed by atoms with Crippen LogP contribution in [0.4, 0.5) is 10.1 Å². The highest BCUT2D eigenvalue weighted by atomic mass is 19.1. The van der Waals surface area contributed by atoms with Gasteiger partial charge in [0.05, 0.1) is 12.8 Å². The Labute approximate surface area is 91.7 Å². The number of para-hydroxylation sites is 1. The Morgan fingerprint density at radius 1 is 1.31 bits per heavy atom. The molecule has 16 heavy (non-hydrogen) atoms. The zero-order valence-corrected chi connectivity index (χ0v) is 8.57. The topological polar surface area (TPSA) is 55.4 Å². The minimum Gasteiger partial charge on any atom is -0.466 e. The smallest absolute Gasteiger partial charge is 0.330 e. The predicted molar refractivity (Wildman–Crippen MR) is 56.2 cm³/mol. The molecule has 0 aliphatic rings. The lowest BCUT2D eigenvalue weighted by Crippen LogP contribution is -2.10. The van der Waals surface area contributed by atoms with Gasteiger partial charge in [0.15, 0.2) is 0 Å². The summed E-state index contributed by atoms with van der Waals surface area (Å²) < 4.78 is 17.4. The molecule has 84 valence electrons. The number of rotatable bonds is 3. The number of benzene rings is 1. The summed E-state index contributed by atoms with van der Waals surface area (Å²) >= 11 is 0. The van der Waals surface area contributed by atoms with Crippen LogP contribution >= 0.6 is 0 Å². The van der Waals surface area contributed by atoms with Gasteiger partial charge in [-0.1, -0.05) is 12.1 Å². The van der Waals surface area contributed by atoms with Crippen LogP contribution in [0.3, 0.4) is 0 Å². The van der Waals surface area contributed by atoms with Gasteiger partial charge in [-0.25, -0.2) is 9.18 Å². The van der Waals surface area contributed by atoms with E-state index < -0.39 is 17.7 Å². The van der Waals surface area contributed by atoms with E-state index in [1.54, 1.807) is 6.07 Å². The first kappa shape index (κ1) is 11.9. The number of nitrogens with one attached hydrogen (secondary N) is 1. The molecule has 0 radical (unpaired) electrons. The van der Waals surface area contributed by atoms with Crippen molar-refractivity contribution >= 4 is 17.6 Å². The lowest BCUT2D eigenvalue weighted by molar-refractivity contribution is -0.135. The molecule has 0 aliphatic carbocycles. The molecule has 0 aromatic heterocycles. The minimum absolute atomic E-state index is 0.0574. The maximum atomic E-state index is 13.1. The van der Waals surface area contributed by atoms with Crippen LogP contribution in [0.15, 0.2) is 36.4 Å². The fraction of sp³-hybridized carbons (Fsp3) is 0.0909. The SMILES string of the molecule is COC(=O)C=CC(=O)Nc1ccccc1F. The second-order valence-corrected chi connectivity index (χ2v) is 2.83. The van der Waals surface area contributed by atoms with Crippen LogP contribution in [0.1, 0.15) is 0 Å². The zero-order chi connectivity index (χ0) is 12.0. The summed E-state index contributed by atoms with van der Waals surface area (Å²) in [5.41, 5.74) is 0.0574. The summed E-state index contributed by atoms with van der Waals surface area (Å²) in [4.78, 5) is 21.9. The van der Waals surface area contributed by atoms with Crippen molar-refractivity contribution in [2.24, 2.45) is 0 Å². The van der Waals surface area contributed by atoms with Crippen molar-refractivity contribution in [3.05, 3.63) is 42.2 Å². The normalized spacial score (nSPS) is 10.1. The average molecular weight is 223 g/mol. The Bertz CT molecular complexity index is 429. The number of anilines is 1. The predicted octanol–water partition coefficient (Wildman–Crippen LogP) is 1.49. The van der Waals surface area contributed by atoms with Gasteiger partial charge in [-0.15, -0.1) is 0 Å². The van der Waals surface area contributed by atoms with E-state index in [4.69, 9.17) is 0 Å². The summed E-state index contributed by atoms with van der Waals surface area (Å²) in [5.74, 6) is -1.79. The maximum absolute atomic E-state index is 13.1. The molecule has 0 saturated carbocycles. The Balaban J connectivity index is 2.62. The van der Waals surface area contributed by atoms with Gasteiger partial charge in [-0.05, 0) is 12.1 Å². The molecular weight excluding hydrogens is 213 g/mol. The molecule has 5 heteroatoms. The van der Waals surface area contributed by atoms with Gasteiger partial charge in [0, 0.05) is 12.2 Å². The van der Waals surface area contributed by atoms with Crippen molar-refractivity contribution in [3.8, 4) is 0 Å². The molecule has 1 N–H and O–H groups in total. The minimum atomic E-state index is -0.649. The first-order valence-electron chi connectivity index (χ1n) is 4.45. The standard InChI is InChI=1S/C11H10FNO3/c1-16-11(15)7-6-10(14)13-9-5-3-2-4-8(9)12/h2-7H,1H3,(H,13,14). The van der Waals surface area contributed by atoms with Crippen LogP contribution in [0, 0.1) is 5.82 Å². The molecule has 1 rings (SSSR count). The Morgan fingerprint density at radius 3 is 2.62 bits per heavy atom. The van der Waals surface area contributed by atoms with Crippen molar-refractivity contribution in [3.63, 3.8) is 0 Å². The Morgan fingerprint density at radius 2 is 2.00 bits per heavy atom. The van der Waals surface area contributed by atoms with Gasteiger partial charge in [0.25, 0.3) is 0 Å². The summed E-state index contributed by atoms with van der Waals surface area (Å²) in [5, 5.41) is 2.28. The molecule has 0 heterocycles. The van der Waals surface area contributed by atoms with E-state index in [1.165, 1.54) is 25.3 Å². The van der Waals surface area contributed by atoms with Crippen LogP contribution in [0.25, 0.3) is 0 Å². The lowest BCUT2D eigenvalue weighted by atomic mass is 10.3. The molecule has 0 saturated heterocycles. The number of amides is 1. The van der Waals surface area contributed by atoms with E-state index in [1.807, 2.05) is 0 Å². The fourth-order valence-corrected chi connectivity index (χ4v) is 0.949. The van der Waals surface area contributed by atoms with E-state index >= 15 is 0 Å². The second kappa shape index (κ2) is 5.65. The molecule has 0 unspecified atom stereocenters. The highest BCUT2D eigenvalue weighted by Crippen LogP contribution is 2.11. The first-order chi connectivity index (χ1) is 7.63. The molecule has 1 amide bonds. The third kappa shape index (κ3) is 3.53. The number of ether oxygens (including phenoxy) is 1. The number of carbonyl (C=O) groups is 2. The molecule has 0 aliphatic heterocycles. The summed E-state index contributed by atoms with van der Waals surface area (Å²) in [6.07, 6.45) is 1.93. The number of esters is 1. The van der Waals surface area contributed by atoms with Gasteiger partial charge in [0.1, 0.15) is 5.82 Å². The molecule has 0 bridgehead atoms. The van der Waals surface area contributed by atoms with Gasteiger partial charge in [-0.2, -0.15) is 0 Å². The van der Waals surface area contributed by atoms with E-state index in [0.717, 1.165) is 12.2 Å². The summed E-state index contributed by atoms with van der Waals surface area (Å²) in [7, 11) is 1.20. The summed E-state index contributed by atoms with van der Waals surface area (Å²) in [6.45, 7) is 0. The molecule has 1 aromatic rings. The number of hydrogen-bond acceptors (Lipinski definition) is 3. The maximum Gasteiger partial charge on any atom is 0.330 e. The monoisotopic (exact) mass is 223 g/mol. The van der Waals surface area contributed by atoms with Gasteiger partial charge >= 0.3 is 5.97 Å². The van der Waals surface area contributed by atoms with Crippen molar-refractivity contribution in [2.45, 2.75) is 0 Å². The van der Waals surface area contributed by atoms with Crippen molar-refractivity contribution in [2.75, 3.05) is 12.4 Å².